The Kier molecular flexibility index (Phi) is 3.09. The summed E-state index contributed by atoms with van der Waals surface area (Å²) < 4.78 is 22.4. The van der Waals surface area contributed by atoms with Crippen molar-refractivity contribution in [3.8, 4) is 0 Å². The molecule has 2 aliphatic heterocycles. The molecule has 2 N–H and O–H groups in total. The van der Waals surface area contributed by atoms with Crippen molar-refractivity contribution < 1.29 is 8.42 Å². The maximum atomic E-state index is 11.2. The molecule has 4 nitrogen and oxygen atoms in total. The Morgan fingerprint density at radius 2 is 2.21 bits per heavy atom. The maximum Gasteiger partial charge on any atom is 0.151 e. The first-order valence-corrected chi connectivity index (χ1v) is 7.12. The van der Waals surface area contributed by atoms with E-state index in [-0.39, 0.29) is 6.04 Å². The van der Waals surface area contributed by atoms with Crippen molar-refractivity contribution in [2.24, 2.45) is 5.92 Å². The Bertz CT molecular complexity index is 283. The SMILES string of the molecule is O=S1(=O)CCC(NCC2CCNC2)C1. The fourth-order valence-electron chi connectivity index (χ4n) is 2.18. The molecule has 0 amide bonds. The van der Waals surface area contributed by atoms with Gasteiger partial charge in [-0.05, 0) is 38.4 Å². The molecule has 2 saturated heterocycles. The van der Waals surface area contributed by atoms with E-state index in [1.807, 2.05) is 0 Å². The van der Waals surface area contributed by atoms with E-state index in [1.165, 1.54) is 6.42 Å². The van der Waals surface area contributed by atoms with Gasteiger partial charge in [-0.25, -0.2) is 8.42 Å². The molecule has 0 aliphatic carbocycles. The Labute approximate surface area is 85.4 Å². The molecule has 2 fully saturated rings. The number of rotatable bonds is 3. The van der Waals surface area contributed by atoms with Crippen molar-refractivity contribution >= 4 is 9.84 Å². The number of nitrogens with one attached hydrogen (secondary N) is 2. The summed E-state index contributed by atoms with van der Waals surface area (Å²) in [5.74, 6) is 1.40. The van der Waals surface area contributed by atoms with Crippen LogP contribution in [0.4, 0.5) is 0 Å². The zero-order chi connectivity index (χ0) is 10.0. The third kappa shape index (κ3) is 2.68. The van der Waals surface area contributed by atoms with Crippen LogP contribution >= 0.6 is 0 Å². The van der Waals surface area contributed by atoms with E-state index in [1.54, 1.807) is 0 Å². The molecule has 2 unspecified atom stereocenters. The van der Waals surface area contributed by atoms with Gasteiger partial charge >= 0.3 is 0 Å². The first-order valence-electron chi connectivity index (χ1n) is 5.30. The summed E-state index contributed by atoms with van der Waals surface area (Å²) in [6, 6.07) is 0.209. The van der Waals surface area contributed by atoms with Crippen LogP contribution in [0, 0.1) is 5.92 Å². The summed E-state index contributed by atoms with van der Waals surface area (Å²) >= 11 is 0. The van der Waals surface area contributed by atoms with Crippen LogP contribution < -0.4 is 10.6 Å². The average Bonchev–Trinajstić information content (AvgIpc) is 2.70. The monoisotopic (exact) mass is 218 g/mol. The molecule has 82 valence electrons. The van der Waals surface area contributed by atoms with Gasteiger partial charge in [0.15, 0.2) is 9.84 Å². The predicted molar refractivity (Wildman–Crippen MR) is 56.0 cm³/mol. The van der Waals surface area contributed by atoms with Crippen LogP contribution in [0.2, 0.25) is 0 Å². The van der Waals surface area contributed by atoms with Crippen LogP contribution in [0.3, 0.4) is 0 Å². The fourth-order valence-corrected chi connectivity index (χ4v) is 3.89. The third-order valence-corrected chi connectivity index (χ3v) is 4.86. The van der Waals surface area contributed by atoms with E-state index in [0.29, 0.717) is 17.4 Å². The Morgan fingerprint density at radius 1 is 1.36 bits per heavy atom. The average molecular weight is 218 g/mol. The minimum absolute atomic E-state index is 0.209. The molecule has 2 heterocycles. The lowest BCUT2D eigenvalue weighted by molar-refractivity contribution is 0.464. The van der Waals surface area contributed by atoms with Gasteiger partial charge in [-0.1, -0.05) is 0 Å². The van der Waals surface area contributed by atoms with Crippen molar-refractivity contribution in [3.05, 3.63) is 0 Å². The van der Waals surface area contributed by atoms with Crippen molar-refractivity contribution in [3.63, 3.8) is 0 Å². The molecule has 2 rings (SSSR count). The number of hydrogen-bond acceptors (Lipinski definition) is 4. The van der Waals surface area contributed by atoms with E-state index < -0.39 is 9.84 Å². The van der Waals surface area contributed by atoms with Crippen molar-refractivity contribution in [1.29, 1.82) is 0 Å². The van der Waals surface area contributed by atoms with Crippen LogP contribution in [-0.2, 0) is 9.84 Å². The Balaban J connectivity index is 1.71. The molecule has 0 spiro atoms. The molecular weight excluding hydrogens is 200 g/mol. The lowest BCUT2D eigenvalue weighted by atomic mass is 10.1. The highest BCUT2D eigenvalue weighted by molar-refractivity contribution is 7.91. The normalized spacial score (nSPS) is 36.3. The van der Waals surface area contributed by atoms with Gasteiger partial charge < -0.3 is 10.6 Å². The van der Waals surface area contributed by atoms with Crippen molar-refractivity contribution in [2.75, 3.05) is 31.1 Å². The minimum Gasteiger partial charge on any atom is -0.316 e. The quantitative estimate of drug-likeness (QED) is 0.662. The number of hydrogen-bond donors (Lipinski definition) is 2. The summed E-state index contributed by atoms with van der Waals surface area (Å²) in [5.41, 5.74) is 0. The van der Waals surface area contributed by atoms with E-state index in [4.69, 9.17) is 0 Å². The van der Waals surface area contributed by atoms with Gasteiger partial charge in [-0.2, -0.15) is 0 Å². The molecule has 2 aliphatic rings. The number of sulfone groups is 1. The zero-order valence-corrected chi connectivity index (χ0v) is 9.15. The van der Waals surface area contributed by atoms with Crippen LogP contribution in [0.5, 0.6) is 0 Å². The first-order chi connectivity index (χ1) is 6.66. The third-order valence-electron chi connectivity index (χ3n) is 3.09. The summed E-state index contributed by atoms with van der Waals surface area (Å²) in [4.78, 5) is 0. The molecule has 0 bridgehead atoms. The van der Waals surface area contributed by atoms with Crippen LogP contribution in [0.25, 0.3) is 0 Å². The smallest absolute Gasteiger partial charge is 0.151 e. The molecule has 0 aromatic rings. The molecule has 0 saturated carbocycles. The van der Waals surface area contributed by atoms with E-state index in [9.17, 15) is 8.42 Å². The maximum absolute atomic E-state index is 11.2. The fraction of sp³-hybridized carbons (Fsp3) is 1.00. The van der Waals surface area contributed by atoms with E-state index >= 15 is 0 Å². The van der Waals surface area contributed by atoms with E-state index in [0.717, 1.165) is 26.1 Å². The van der Waals surface area contributed by atoms with E-state index in [2.05, 4.69) is 10.6 Å². The highest BCUT2D eigenvalue weighted by atomic mass is 32.2. The predicted octanol–water partition coefficient (Wildman–Crippen LogP) is -0.627. The standard InChI is InChI=1S/C9H18N2O2S/c12-14(13)4-2-9(7-14)11-6-8-1-3-10-5-8/h8-11H,1-7H2. The lowest BCUT2D eigenvalue weighted by Gasteiger charge is -2.14. The van der Waals surface area contributed by atoms with Crippen LogP contribution in [0.15, 0.2) is 0 Å². The molecule has 14 heavy (non-hydrogen) atoms. The Hall–Kier alpha value is -0.130. The van der Waals surface area contributed by atoms with Crippen LogP contribution in [0.1, 0.15) is 12.8 Å². The lowest BCUT2D eigenvalue weighted by Crippen LogP contribution is -2.34. The largest absolute Gasteiger partial charge is 0.316 e. The first kappa shape index (κ1) is 10.4. The topological polar surface area (TPSA) is 58.2 Å². The molecule has 2 atom stereocenters. The highest BCUT2D eigenvalue weighted by Crippen LogP contribution is 2.12. The van der Waals surface area contributed by atoms with Gasteiger partial charge in [-0.3, -0.25) is 0 Å². The molecule has 0 aromatic heterocycles. The summed E-state index contributed by atoms with van der Waals surface area (Å²) in [6.45, 7) is 3.15. The van der Waals surface area contributed by atoms with Gasteiger partial charge in [0.1, 0.15) is 0 Å². The molecule has 0 radical (unpaired) electrons. The second-order valence-electron chi connectivity index (χ2n) is 4.37. The second kappa shape index (κ2) is 4.16. The molecular formula is C9H18N2O2S. The zero-order valence-electron chi connectivity index (χ0n) is 8.33. The summed E-state index contributed by atoms with van der Waals surface area (Å²) in [7, 11) is -2.72. The summed E-state index contributed by atoms with van der Waals surface area (Å²) in [6.07, 6.45) is 2.01. The molecule has 5 heteroatoms. The highest BCUT2D eigenvalue weighted by Gasteiger charge is 2.28. The second-order valence-corrected chi connectivity index (χ2v) is 6.60. The minimum atomic E-state index is -2.72. The van der Waals surface area contributed by atoms with Gasteiger partial charge in [-0.15, -0.1) is 0 Å². The van der Waals surface area contributed by atoms with Gasteiger partial charge in [0.25, 0.3) is 0 Å². The van der Waals surface area contributed by atoms with Gasteiger partial charge in [0.05, 0.1) is 11.5 Å². The Morgan fingerprint density at radius 3 is 2.79 bits per heavy atom. The summed E-state index contributed by atoms with van der Waals surface area (Å²) in [5, 5.41) is 6.67. The molecule has 0 aromatic carbocycles. The van der Waals surface area contributed by atoms with Gasteiger partial charge in [0.2, 0.25) is 0 Å². The van der Waals surface area contributed by atoms with Crippen molar-refractivity contribution in [1.82, 2.24) is 10.6 Å². The van der Waals surface area contributed by atoms with Gasteiger partial charge in [0, 0.05) is 6.04 Å². The van der Waals surface area contributed by atoms with Crippen LogP contribution in [-0.4, -0.2) is 45.6 Å². The van der Waals surface area contributed by atoms with Crippen molar-refractivity contribution in [2.45, 2.75) is 18.9 Å².